The van der Waals surface area contributed by atoms with Crippen LogP contribution in [0.1, 0.15) is 24.0 Å². The molecule has 0 saturated carbocycles. The lowest BCUT2D eigenvalue weighted by Crippen LogP contribution is -2.44. The van der Waals surface area contributed by atoms with Crippen molar-refractivity contribution < 1.29 is 4.79 Å². The van der Waals surface area contributed by atoms with Crippen LogP contribution in [0.25, 0.3) is 0 Å². The lowest BCUT2D eigenvalue weighted by atomic mass is 9.89. The summed E-state index contributed by atoms with van der Waals surface area (Å²) in [6.45, 7) is 3.72. The van der Waals surface area contributed by atoms with Crippen LogP contribution in [0.3, 0.4) is 0 Å². The number of carbonyl (C=O) groups is 1. The first-order valence-corrected chi connectivity index (χ1v) is 8.08. The second kappa shape index (κ2) is 6.44. The number of nitrogens with zero attached hydrogens (tertiary/aromatic N) is 1. The van der Waals surface area contributed by atoms with Crippen molar-refractivity contribution in [3.8, 4) is 0 Å². The molecular formula is C15H22N2OS. The normalized spacial score (nSPS) is 19.6. The third-order valence-corrected chi connectivity index (χ3v) is 4.62. The Morgan fingerprint density at radius 3 is 3.00 bits per heavy atom. The van der Waals surface area contributed by atoms with Gasteiger partial charge in [-0.05, 0) is 24.3 Å². The van der Waals surface area contributed by atoms with Gasteiger partial charge in [-0.2, -0.15) is 11.8 Å². The van der Waals surface area contributed by atoms with Gasteiger partial charge in [0.25, 0.3) is 0 Å². The topological polar surface area (TPSA) is 32.3 Å². The number of thioether (sulfide) groups is 1. The highest BCUT2D eigenvalue weighted by atomic mass is 32.2. The molecule has 1 aromatic rings. The number of likely N-dealkylation sites (N-methyl/N-ethyl adjacent to an activating group) is 1. The number of nitrogens with one attached hydrogen (secondary N) is 1. The zero-order valence-corrected chi connectivity index (χ0v) is 12.7. The van der Waals surface area contributed by atoms with Gasteiger partial charge in [0, 0.05) is 31.9 Å². The predicted molar refractivity (Wildman–Crippen MR) is 81.5 cm³/mol. The smallest absolute Gasteiger partial charge is 0.231 e. The Balaban J connectivity index is 2.16. The van der Waals surface area contributed by atoms with Crippen molar-refractivity contribution in [1.29, 1.82) is 0 Å². The summed E-state index contributed by atoms with van der Waals surface area (Å²) in [7, 11) is 1.92. The molecular weight excluding hydrogens is 256 g/mol. The second-order valence-corrected chi connectivity index (χ2v) is 6.05. The number of fused-ring (bicyclic) bond motifs is 1. The summed E-state index contributed by atoms with van der Waals surface area (Å²) < 4.78 is 0. The quantitative estimate of drug-likeness (QED) is 0.915. The molecule has 2 unspecified atom stereocenters. The molecule has 0 radical (unpaired) electrons. The molecule has 1 aromatic carbocycles. The van der Waals surface area contributed by atoms with Gasteiger partial charge in [-0.1, -0.05) is 24.3 Å². The van der Waals surface area contributed by atoms with Crippen LogP contribution in [0.4, 0.5) is 0 Å². The van der Waals surface area contributed by atoms with Crippen molar-refractivity contribution in [3.63, 3.8) is 0 Å². The molecule has 4 heteroatoms. The molecule has 3 nitrogen and oxygen atoms in total. The molecule has 19 heavy (non-hydrogen) atoms. The van der Waals surface area contributed by atoms with Crippen molar-refractivity contribution in [1.82, 2.24) is 10.2 Å². The van der Waals surface area contributed by atoms with Crippen molar-refractivity contribution in [2.24, 2.45) is 0 Å². The van der Waals surface area contributed by atoms with E-state index in [2.05, 4.69) is 30.6 Å². The molecule has 1 aliphatic rings. The Kier molecular flexibility index (Phi) is 4.88. The van der Waals surface area contributed by atoms with E-state index in [9.17, 15) is 4.79 Å². The summed E-state index contributed by atoms with van der Waals surface area (Å²) in [5, 5.41) is 3.35. The third kappa shape index (κ3) is 3.12. The average molecular weight is 278 g/mol. The Morgan fingerprint density at radius 2 is 2.26 bits per heavy atom. The minimum atomic E-state index is -0.0424. The monoisotopic (exact) mass is 278 g/mol. The summed E-state index contributed by atoms with van der Waals surface area (Å²) in [6.07, 6.45) is 2.08. The van der Waals surface area contributed by atoms with E-state index < -0.39 is 0 Å². The van der Waals surface area contributed by atoms with E-state index in [1.165, 1.54) is 11.1 Å². The highest BCUT2D eigenvalue weighted by Crippen LogP contribution is 2.26. The van der Waals surface area contributed by atoms with E-state index in [0.717, 1.165) is 18.8 Å². The summed E-state index contributed by atoms with van der Waals surface area (Å²) in [5.41, 5.74) is 2.44. The first kappa shape index (κ1) is 14.4. The van der Waals surface area contributed by atoms with E-state index >= 15 is 0 Å². The molecule has 0 aromatic heterocycles. The fraction of sp³-hybridized carbons (Fsp3) is 0.533. The fourth-order valence-electron chi connectivity index (χ4n) is 2.53. The lowest BCUT2D eigenvalue weighted by molar-refractivity contribution is -0.133. The van der Waals surface area contributed by atoms with E-state index in [-0.39, 0.29) is 17.9 Å². The van der Waals surface area contributed by atoms with Gasteiger partial charge in [-0.3, -0.25) is 4.79 Å². The molecule has 2 atom stereocenters. The summed E-state index contributed by atoms with van der Waals surface area (Å²) in [4.78, 5) is 14.5. The fourth-order valence-corrected chi connectivity index (χ4v) is 3.24. The second-order valence-electron chi connectivity index (χ2n) is 5.14. The van der Waals surface area contributed by atoms with Gasteiger partial charge >= 0.3 is 0 Å². The van der Waals surface area contributed by atoms with Crippen molar-refractivity contribution in [3.05, 3.63) is 35.4 Å². The first-order chi connectivity index (χ1) is 9.15. The number of amides is 1. The molecule has 1 amide bonds. The molecule has 0 bridgehead atoms. The van der Waals surface area contributed by atoms with Gasteiger partial charge < -0.3 is 10.2 Å². The Bertz CT molecular complexity index is 450. The molecule has 2 rings (SSSR count). The van der Waals surface area contributed by atoms with E-state index in [1.54, 1.807) is 11.8 Å². The maximum Gasteiger partial charge on any atom is 0.231 e. The highest BCUT2D eigenvalue weighted by molar-refractivity contribution is 7.98. The standard InChI is InChI=1S/C15H22N2OS/c1-11(10-19-3)17(2)15(18)14-9-16-8-12-6-4-5-7-13(12)14/h4-7,11,14,16H,8-10H2,1-3H3. The van der Waals surface area contributed by atoms with Gasteiger partial charge in [-0.25, -0.2) is 0 Å². The molecule has 0 fully saturated rings. The first-order valence-electron chi connectivity index (χ1n) is 6.69. The van der Waals surface area contributed by atoms with E-state index in [0.29, 0.717) is 0 Å². The summed E-state index contributed by atoms with van der Waals surface area (Å²) >= 11 is 1.78. The maximum atomic E-state index is 12.7. The van der Waals surface area contributed by atoms with Gasteiger partial charge in [0.2, 0.25) is 5.91 Å². The van der Waals surface area contributed by atoms with Crippen LogP contribution in [0.15, 0.2) is 24.3 Å². The van der Waals surface area contributed by atoms with Crippen LogP contribution < -0.4 is 5.32 Å². The Hall–Kier alpha value is -1.00. The zero-order valence-electron chi connectivity index (χ0n) is 11.8. The van der Waals surface area contributed by atoms with Crippen LogP contribution in [0.5, 0.6) is 0 Å². The third-order valence-electron chi connectivity index (χ3n) is 3.81. The SMILES string of the molecule is CSCC(C)N(C)C(=O)C1CNCc2ccccc21. The molecule has 0 spiro atoms. The van der Waals surface area contributed by atoms with Crippen molar-refractivity contribution in [2.45, 2.75) is 25.4 Å². The van der Waals surface area contributed by atoms with Crippen molar-refractivity contribution >= 4 is 17.7 Å². The Morgan fingerprint density at radius 1 is 1.53 bits per heavy atom. The average Bonchev–Trinajstić information content (AvgIpc) is 2.45. The Labute approximate surface area is 119 Å². The van der Waals surface area contributed by atoms with Crippen molar-refractivity contribution in [2.75, 3.05) is 25.6 Å². The minimum Gasteiger partial charge on any atom is -0.342 e. The van der Waals surface area contributed by atoms with Gasteiger partial charge in [0.1, 0.15) is 0 Å². The maximum absolute atomic E-state index is 12.7. The number of hydrogen-bond donors (Lipinski definition) is 1. The van der Waals surface area contributed by atoms with Crippen LogP contribution >= 0.6 is 11.8 Å². The summed E-state index contributed by atoms with van der Waals surface area (Å²) in [6, 6.07) is 8.53. The summed E-state index contributed by atoms with van der Waals surface area (Å²) in [5.74, 6) is 1.16. The van der Waals surface area contributed by atoms with Crippen LogP contribution in [-0.2, 0) is 11.3 Å². The molecule has 0 saturated heterocycles. The number of hydrogen-bond acceptors (Lipinski definition) is 3. The van der Waals surface area contributed by atoms with Gasteiger partial charge in [0.05, 0.1) is 5.92 Å². The van der Waals surface area contributed by atoms with Crippen LogP contribution in [0, 0.1) is 0 Å². The molecule has 104 valence electrons. The predicted octanol–water partition coefficient (Wildman–Crippen LogP) is 2.08. The largest absolute Gasteiger partial charge is 0.342 e. The van der Waals surface area contributed by atoms with E-state index in [1.807, 2.05) is 24.1 Å². The van der Waals surface area contributed by atoms with Gasteiger partial charge in [-0.15, -0.1) is 0 Å². The van der Waals surface area contributed by atoms with Crippen LogP contribution in [0.2, 0.25) is 0 Å². The highest BCUT2D eigenvalue weighted by Gasteiger charge is 2.29. The lowest BCUT2D eigenvalue weighted by Gasteiger charge is -2.32. The number of benzene rings is 1. The molecule has 1 N–H and O–H groups in total. The minimum absolute atomic E-state index is 0.0424. The number of carbonyl (C=O) groups excluding carboxylic acids is 1. The molecule has 1 heterocycles. The number of rotatable bonds is 4. The molecule has 1 aliphatic heterocycles. The van der Waals surface area contributed by atoms with E-state index in [4.69, 9.17) is 0 Å². The molecule has 0 aliphatic carbocycles. The van der Waals surface area contributed by atoms with Gasteiger partial charge in [0.15, 0.2) is 0 Å². The zero-order chi connectivity index (χ0) is 13.8. The van der Waals surface area contributed by atoms with Crippen LogP contribution in [-0.4, -0.2) is 42.4 Å².